The summed E-state index contributed by atoms with van der Waals surface area (Å²) in [4.78, 5) is 2.33. The minimum atomic E-state index is 0.770. The van der Waals surface area contributed by atoms with Crippen LogP contribution < -0.4 is 10.6 Å². The first-order valence-electron chi connectivity index (χ1n) is 6.69. The molecule has 1 saturated heterocycles. The van der Waals surface area contributed by atoms with Crippen molar-refractivity contribution in [1.29, 1.82) is 0 Å². The summed E-state index contributed by atoms with van der Waals surface area (Å²) in [5, 5.41) is 10.6. The fourth-order valence-electron chi connectivity index (χ4n) is 2.39. The molecule has 4 nitrogen and oxygen atoms in total. The van der Waals surface area contributed by atoms with Crippen LogP contribution in [0.15, 0.2) is 18.2 Å². The third-order valence-corrected chi connectivity index (χ3v) is 4.50. The number of aromatic nitrogens is 2. The van der Waals surface area contributed by atoms with Crippen LogP contribution in [0, 0.1) is 6.92 Å². The number of nitrogens with two attached hydrogens (primary N) is 1. The number of nitrogen functional groups attached to an aromatic ring is 1. The molecule has 0 aliphatic carbocycles. The Kier molecular flexibility index (Phi) is 3.38. The van der Waals surface area contributed by atoms with Crippen LogP contribution in [0.1, 0.15) is 24.8 Å². The zero-order chi connectivity index (χ0) is 13.2. The standard InChI is InChI=1S/C14H18N4S/c1-10-5-6-12(15)11(9-10)13-16-17-14(19-13)18-7-3-2-4-8-18/h5-6,9H,2-4,7-8,15H2,1H3. The number of hydrogen-bond acceptors (Lipinski definition) is 5. The molecule has 0 radical (unpaired) electrons. The molecule has 0 atom stereocenters. The molecule has 1 fully saturated rings. The Balaban J connectivity index is 1.89. The van der Waals surface area contributed by atoms with E-state index in [1.54, 1.807) is 11.3 Å². The van der Waals surface area contributed by atoms with Gasteiger partial charge in [-0.1, -0.05) is 23.0 Å². The largest absolute Gasteiger partial charge is 0.398 e. The van der Waals surface area contributed by atoms with Gasteiger partial charge < -0.3 is 10.6 Å². The van der Waals surface area contributed by atoms with E-state index in [2.05, 4.69) is 28.1 Å². The lowest BCUT2D eigenvalue weighted by atomic mass is 10.1. The molecule has 3 rings (SSSR count). The SMILES string of the molecule is Cc1ccc(N)c(-c2nnc(N3CCCCC3)s2)c1. The number of anilines is 2. The van der Waals surface area contributed by atoms with Gasteiger partial charge in [-0.25, -0.2) is 0 Å². The summed E-state index contributed by atoms with van der Waals surface area (Å²) in [6, 6.07) is 6.04. The van der Waals surface area contributed by atoms with E-state index in [1.165, 1.54) is 24.8 Å². The van der Waals surface area contributed by atoms with Gasteiger partial charge >= 0.3 is 0 Å². The summed E-state index contributed by atoms with van der Waals surface area (Å²) in [7, 11) is 0. The molecule has 1 aliphatic rings. The van der Waals surface area contributed by atoms with E-state index in [1.807, 2.05) is 12.1 Å². The lowest BCUT2D eigenvalue weighted by Gasteiger charge is -2.25. The first kappa shape index (κ1) is 12.4. The third-order valence-electron chi connectivity index (χ3n) is 3.48. The summed E-state index contributed by atoms with van der Waals surface area (Å²) >= 11 is 1.64. The Morgan fingerprint density at radius 1 is 1.16 bits per heavy atom. The average molecular weight is 274 g/mol. The van der Waals surface area contributed by atoms with Crippen molar-refractivity contribution in [1.82, 2.24) is 10.2 Å². The highest BCUT2D eigenvalue weighted by atomic mass is 32.1. The van der Waals surface area contributed by atoms with Crippen molar-refractivity contribution in [2.24, 2.45) is 0 Å². The maximum atomic E-state index is 6.03. The summed E-state index contributed by atoms with van der Waals surface area (Å²) in [6.45, 7) is 4.26. The smallest absolute Gasteiger partial charge is 0.208 e. The molecular formula is C14H18N4S. The van der Waals surface area contributed by atoms with Gasteiger partial charge in [0.15, 0.2) is 5.01 Å². The predicted octanol–water partition coefficient (Wildman–Crippen LogP) is 3.09. The minimum Gasteiger partial charge on any atom is -0.398 e. The maximum Gasteiger partial charge on any atom is 0.208 e. The van der Waals surface area contributed by atoms with Crippen LogP contribution in [-0.4, -0.2) is 23.3 Å². The Morgan fingerprint density at radius 2 is 1.95 bits per heavy atom. The van der Waals surface area contributed by atoms with Gasteiger partial charge in [0.1, 0.15) is 0 Å². The summed E-state index contributed by atoms with van der Waals surface area (Å²) in [6.07, 6.45) is 3.83. The van der Waals surface area contributed by atoms with Crippen LogP contribution in [-0.2, 0) is 0 Å². The van der Waals surface area contributed by atoms with Gasteiger partial charge in [0, 0.05) is 24.3 Å². The molecule has 2 aromatic rings. The minimum absolute atomic E-state index is 0.770. The van der Waals surface area contributed by atoms with Crippen molar-refractivity contribution in [3.8, 4) is 10.6 Å². The highest BCUT2D eigenvalue weighted by molar-refractivity contribution is 7.18. The molecule has 5 heteroatoms. The first-order chi connectivity index (χ1) is 9.24. The molecule has 1 aliphatic heterocycles. The van der Waals surface area contributed by atoms with Crippen molar-refractivity contribution in [3.63, 3.8) is 0 Å². The quantitative estimate of drug-likeness (QED) is 0.855. The fourth-order valence-corrected chi connectivity index (χ4v) is 3.33. The van der Waals surface area contributed by atoms with Gasteiger partial charge in [0.05, 0.1) is 0 Å². The molecule has 0 amide bonds. The van der Waals surface area contributed by atoms with Gasteiger partial charge in [-0.3, -0.25) is 0 Å². The zero-order valence-electron chi connectivity index (χ0n) is 11.1. The Labute approximate surface area is 117 Å². The van der Waals surface area contributed by atoms with E-state index in [0.29, 0.717) is 0 Å². The number of nitrogens with zero attached hydrogens (tertiary/aromatic N) is 3. The van der Waals surface area contributed by atoms with Gasteiger partial charge in [0.25, 0.3) is 0 Å². The van der Waals surface area contributed by atoms with Crippen molar-refractivity contribution in [2.45, 2.75) is 26.2 Å². The maximum absolute atomic E-state index is 6.03. The van der Waals surface area contributed by atoms with Gasteiger partial charge in [-0.15, -0.1) is 10.2 Å². The zero-order valence-corrected chi connectivity index (χ0v) is 11.9. The topological polar surface area (TPSA) is 55.0 Å². The molecule has 2 heterocycles. The molecule has 19 heavy (non-hydrogen) atoms. The van der Waals surface area contributed by atoms with Gasteiger partial charge in [-0.2, -0.15) is 0 Å². The van der Waals surface area contributed by atoms with E-state index in [9.17, 15) is 0 Å². The van der Waals surface area contributed by atoms with Gasteiger partial charge in [0.2, 0.25) is 5.13 Å². The van der Waals surface area contributed by atoms with Crippen LogP contribution in [0.25, 0.3) is 10.6 Å². The van der Waals surface area contributed by atoms with Crippen LogP contribution in [0.4, 0.5) is 10.8 Å². The van der Waals surface area contributed by atoms with Gasteiger partial charge in [-0.05, 0) is 38.3 Å². The second kappa shape index (κ2) is 5.17. The van der Waals surface area contributed by atoms with Crippen molar-refractivity contribution >= 4 is 22.2 Å². The monoisotopic (exact) mass is 274 g/mol. The van der Waals surface area contributed by atoms with E-state index in [-0.39, 0.29) is 0 Å². The predicted molar refractivity (Wildman–Crippen MR) is 80.6 cm³/mol. The Bertz CT molecular complexity index is 573. The molecule has 0 bridgehead atoms. The van der Waals surface area contributed by atoms with Crippen LogP contribution in [0.5, 0.6) is 0 Å². The van der Waals surface area contributed by atoms with Crippen molar-refractivity contribution in [2.75, 3.05) is 23.7 Å². The van der Waals surface area contributed by atoms with E-state index in [4.69, 9.17) is 5.73 Å². The molecule has 0 saturated carbocycles. The molecule has 1 aromatic carbocycles. The van der Waals surface area contributed by atoms with Crippen molar-refractivity contribution < 1.29 is 0 Å². The highest BCUT2D eigenvalue weighted by Crippen LogP contribution is 2.33. The number of rotatable bonds is 2. The number of piperidine rings is 1. The molecule has 1 aromatic heterocycles. The lowest BCUT2D eigenvalue weighted by molar-refractivity contribution is 0.575. The number of hydrogen-bond donors (Lipinski definition) is 1. The molecule has 0 spiro atoms. The molecule has 0 unspecified atom stereocenters. The average Bonchev–Trinajstić information content (AvgIpc) is 2.92. The molecular weight excluding hydrogens is 256 g/mol. The van der Waals surface area contributed by atoms with Crippen LogP contribution in [0.2, 0.25) is 0 Å². The summed E-state index contributed by atoms with van der Waals surface area (Å²) in [5.41, 5.74) is 9.00. The Morgan fingerprint density at radius 3 is 2.74 bits per heavy atom. The second-order valence-corrected chi connectivity index (χ2v) is 5.98. The summed E-state index contributed by atoms with van der Waals surface area (Å²) < 4.78 is 0. The van der Waals surface area contributed by atoms with Crippen LogP contribution >= 0.6 is 11.3 Å². The van der Waals surface area contributed by atoms with E-state index >= 15 is 0 Å². The summed E-state index contributed by atoms with van der Waals surface area (Å²) in [5.74, 6) is 0. The normalized spacial score (nSPS) is 15.7. The Hall–Kier alpha value is -1.62. The van der Waals surface area contributed by atoms with Crippen molar-refractivity contribution in [3.05, 3.63) is 23.8 Å². The highest BCUT2D eigenvalue weighted by Gasteiger charge is 2.17. The first-order valence-corrected chi connectivity index (χ1v) is 7.50. The third kappa shape index (κ3) is 2.56. The number of aryl methyl sites for hydroxylation is 1. The second-order valence-electron chi connectivity index (χ2n) is 5.03. The number of benzene rings is 1. The lowest BCUT2D eigenvalue weighted by Crippen LogP contribution is -2.29. The van der Waals surface area contributed by atoms with E-state index in [0.717, 1.165) is 34.5 Å². The fraction of sp³-hybridized carbons (Fsp3) is 0.429. The van der Waals surface area contributed by atoms with Crippen LogP contribution in [0.3, 0.4) is 0 Å². The molecule has 100 valence electrons. The molecule has 2 N–H and O–H groups in total. The van der Waals surface area contributed by atoms with E-state index < -0.39 is 0 Å².